The van der Waals surface area contributed by atoms with E-state index >= 15 is 0 Å². The number of ether oxygens (including phenoxy) is 1. The summed E-state index contributed by atoms with van der Waals surface area (Å²) in [7, 11) is 0. The van der Waals surface area contributed by atoms with Gasteiger partial charge in [0.2, 0.25) is 0 Å². The van der Waals surface area contributed by atoms with Gasteiger partial charge >= 0.3 is 0 Å². The van der Waals surface area contributed by atoms with Crippen LogP contribution in [-0.4, -0.2) is 58.3 Å². The highest BCUT2D eigenvalue weighted by Gasteiger charge is 2.45. The average Bonchev–Trinajstić information content (AvgIpc) is 3.56. The number of hydrogen-bond acceptors (Lipinski definition) is 6. The van der Waals surface area contributed by atoms with Gasteiger partial charge in [-0.25, -0.2) is 15.0 Å². The third-order valence-corrected chi connectivity index (χ3v) is 6.95. The first-order valence-electron chi connectivity index (χ1n) is 12.1. The Morgan fingerprint density at radius 3 is 2.71 bits per heavy atom. The topological polar surface area (TPSA) is 85.2 Å². The fourth-order valence-electron chi connectivity index (χ4n) is 4.92. The highest BCUT2D eigenvalue weighted by molar-refractivity contribution is 5.98. The Balaban J connectivity index is 1.26. The third kappa shape index (κ3) is 4.37. The molecule has 8 heteroatoms. The van der Waals surface area contributed by atoms with Crippen LogP contribution in [0.3, 0.4) is 0 Å². The minimum atomic E-state index is -0.101. The van der Waals surface area contributed by atoms with E-state index in [-0.39, 0.29) is 11.3 Å². The molecule has 1 amide bonds. The second kappa shape index (κ2) is 9.11. The molecule has 0 saturated carbocycles. The number of hydrogen-bond donors (Lipinski definition) is 1. The van der Waals surface area contributed by atoms with Crippen molar-refractivity contribution in [1.29, 1.82) is 0 Å². The minimum Gasteiger partial charge on any atom is -0.380 e. The maximum atomic E-state index is 12.8. The number of nitrogens with zero attached hydrogens (tertiary/aromatic N) is 5. The van der Waals surface area contributed by atoms with E-state index in [4.69, 9.17) is 14.7 Å². The standard InChI is InChI=1S/C27H28N6O2/c34-26(29-10-4-12-32-14-11-28-19-32)21-7-8-22-23(15-21)30-24(20-5-2-1-3-6-20)25(31-22)33-13-9-27(16-33)17-35-18-27/h1-3,5-8,11,14-15,19H,4,9-10,12-13,16-18H2,(H,29,34). The molecule has 0 atom stereocenters. The van der Waals surface area contributed by atoms with E-state index < -0.39 is 0 Å². The zero-order valence-corrected chi connectivity index (χ0v) is 19.6. The maximum absolute atomic E-state index is 12.8. The molecule has 1 spiro atoms. The smallest absolute Gasteiger partial charge is 0.251 e. The van der Waals surface area contributed by atoms with Crippen LogP contribution in [0.5, 0.6) is 0 Å². The predicted octanol–water partition coefficient (Wildman–Crippen LogP) is 3.54. The van der Waals surface area contributed by atoms with E-state index in [2.05, 4.69) is 27.3 Å². The molecule has 4 aromatic rings. The van der Waals surface area contributed by atoms with Crippen LogP contribution in [0.2, 0.25) is 0 Å². The first-order chi connectivity index (χ1) is 17.2. The first-order valence-corrected chi connectivity index (χ1v) is 12.1. The van der Waals surface area contributed by atoms with Gasteiger partial charge in [-0.2, -0.15) is 0 Å². The van der Waals surface area contributed by atoms with E-state index in [9.17, 15) is 4.79 Å². The molecule has 6 rings (SSSR count). The van der Waals surface area contributed by atoms with Crippen LogP contribution in [0.15, 0.2) is 67.3 Å². The van der Waals surface area contributed by atoms with Crippen LogP contribution in [0.1, 0.15) is 23.2 Å². The summed E-state index contributed by atoms with van der Waals surface area (Å²) in [6, 6.07) is 15.7. The summed E-state index contributed by atoms with van der Waals surface area (Å²) in [6.07, 6.45) is 7.41. The molecule has 35 heavy (non-hydrogen) atoms. The number of aromatic nitrogens is 4. The Morgan fingerprint density at radius 2 is 1.97 bits per heavy atom. The molecule has 4 heterocycles. The lowest BCUT2D eigenvalue weighted by Gasteiger charge is -2.37. The fourth-order valence-corrected chi connectivity index (χ4v) is 4.92. The van der Waals surface area contributed by atoms with Gasteiger partial charge in [0.05, 0.1) is 30.6 Å². The number of carbonyl (C=O) groups excluding carboxylic acids is 1. The monoisotopic (exact) mass is 468 g/mol. The van der Waals surface area contributed by atoms with Crippen LogP contribution < -0.4 is 10.2 Å². The molecule has 0 bridgehead atoms. The Kier molecular flexibility index (Phi) is 5.66. The molecule has 2 aliphatic heterocycles. The summed E-state index contributed by atoms with van der Waals surface area (Å²) in [5.41, 5.74) is 4.24. The van der Waals surface area contributed by atoms with Crippen LogP contribution in [-0.2, 0) is 11.3 Å². The van der Waals surface area contributed by atoms with Gasteiger partial charge in [0.25, 0.3) is 5.91 Å². The number of rotatable bonds is 7. The van der Waals surface area contributed by atoms with Crippen LogP contribution in [0.4, 0.5) is 5.82 Å². The quantitative estimate of drug-likeness (QED) is 0.418. The number of imidazole rings is 1. The van der Waals surface area contributed by atoms with E-state index in [0.717, 1.165) is 73.8 Å². The van der Waals surface area contributed by atoms with E-state index in [1.165, 1.54) is 0 Å². The lowest BCUT2D eigenvalue weighted by Crippen LogP contribution is -2.44. The fraction of sp³-hybridized carbons (Fsp3) is 0.333. The lowest BCUT2D eigenvalue weighted by atomic mass is 9.85. The van der Waals surface area contributed by atoms with Gasteiger partial charge in [-0.3, -0.25) is 4.79 Å². The van der Waals surface area contributed by atoms with Crippen molar-refractivity contribution in [2.75, 3.05) is 37.7 Å². The highest BCUT2D eigenvalue weighted by atomic mass is 16.5. The molecule has 2 aliphatic rings. The second-order valence-corrected chi connectivity index (χ2v) is 9.54. The maximum Gasteiger partial charge on any atom is 0.251 e. The average molecular weight is 469 g/mol. The summed E-state index contributed by atoms with van der Waals surface area (Å²) in [5.74, 6) is 0.806. The number of amides is 1. The van der Waals surface area contributed by atoms with Crippen molar-refractivity contribution in [3.05, 3.63) is 72.8 Å². The molecule has 2 saturated heterocycles. The molecule has 2 fully saturated rings. The van der Waals surface area contributed by atoms with E-state index in [1.807, 2.05) is 47.2 Å². The number of fused-ring (bicyclic) bond motifs is 1. The Morgan fingerprint density at radius 1 is 1.09 bits per heavy atom. The first kappa shape index (κ1) is 21.7. The molecular weight excluding hydrogens is 440 g/mol. The molecule has 2 aromatic carbocycles. The number of aryl methyl sites for hydroxylation is 1. The van der Waals surface area contributed by atoms with Crippen molar-refractivity contribution in [2.45, 2.75) is 19.4 Å². The Bertz CT molecular complexity index is 1330. The minimum absolute atomic E-state index is 0.101. The van der Waals surface area contributed by atoms with Gasteiger partial charge in [-0.15, -0.1) is 0 Å². The zero-order valence-electron chi connectivity index (χ0n) is 19.6. The molecule has 8 nitrogen and oxygen atoms in total. The van der Waals surface area contributed by atoms with Gasteiger partial charge < -0.3 is 19.5 Å². The highest BCUT2D eigenvalue weighted by Crippen LogP contribution is 2.41. The number of benzene rings is 2. The van der Waals surface area contributed by atoms with Crippen molar-refractivity contribution in [3.63, 3.8) is 0 Å². The molecule has 0 aliphatic carbocycles. The Hall–Kier alpha value is -3.78. The van der Waals surface area contributed by atoms with Crippen LogP contribution in [0.25, 0.3) is 22.3 Å². The summed E-state index contributed by atoms with van der Waals surface area (Å²) >= 11 is 0. The summed E-state index contributed by atoms with van der Waals surface area (Å²) in [6.45, 7) is 4.94. The molecular formula is C27H28N6O2. The second-order valence-electron chi connectivity index (χ2n) is 9.54. The molecule has 0 radical (unpaired) electrons. The van der Waals surface area contributed by atoms with Crippen molar-refractivity contribution >= 4 is 22.8 Å². The van der Waals surface area contributed by atoms with Crippen LogP contribution >= 0.6 is 0 Å². The van der Waals surface area contributed by atoms with Crippen molar-refractivity contribution in [3.8, 4) is 11.3 Å². The van der Waals surface area contributed by atoms with Crippen LogP contribution in [0, 0.1) is 5.41 Å². The van der Waals surface area contributed by atoms with Gasteiger partial charge in [0.15, 0.2) is 5.82 Å². The van der Waals surface area contributed by atoms with Gasteiger partial charge in [0, 0.05) is 55.1 Å². The van der Waals surface area contributed by atoms with Gasteiger partial charge in [-0.1, -0.05) is 30.3 Å². The molecule has 0 unspecified atom stereocenters. The number of anilines is 1. The third-order valence-electron chi connectivity index (χ3n) is 6.95. The zero-order chi connectivity index (χ0) is 23.7. The van der Waals surface area contributed by atoms with Crippen molar-refractivity contribution in [2.24, 2.45) is 5.41 Å². The van der Waals surface area contributed by atoms with Gasteiger partial charge in [0.1, 0.15) is 5.69 Å². The molecule has 1 N–H and O–H groups in total. The molecule has 178 valence electrons. The van der Waals surface area contributed by atoms with E-state index in [0.29, 0.717) is 12.1 Å². The summed E-state index contributed by atoms with van der Waals surface area (Å²) in [5, 5.41) is 3.01. The SMILES string of the molecule is O=C(NCCCn1ccnc1)c1ccc2nc(N3CCC4(COC4)C3)c(-c3ccccc3)nc2c1. The predicted molar refractivity (Wildman–Crippen MR) is 134 cm³/mol. The normalized spacial score (nSPS) is 16.5. The molecule has 2 aromatic heterocycles. The number of carbonyl (C=O) groups is 1. The lowest BCUT2D eigenvalue weighted by molar-refractivity contribution is -0.0985. The van der Waals surface area contributed by atoms with Crippen molar-refractivity contribution in [1.82, 2.24) is 24.8 Å². The number of nitrogens with one attached hydrogen (secondary N) is 1. The summed E-state index contributed by atoms with van der Waals surface area (Å²) in [4.78, 5) is 29.3. The van der Waals surface area contributed by atoms with E-state index in [1.54, 1.807) is 12.5 Å². The Labute approximate surface area is 204 Å². The van der Waals surface area contributed by atoms with Gasteiger partial charge in [-0.05, 0) is 31.0 Å². The largest absolute Gasteiger partial charge is 0.380 e. The summed E-state index contributed by atoms with van der Waals surface area (Å²) < 4.78 is 7.51. The van der Waals surface area contributed by atoms with Crippen molar-refractivity contribution < 1.29 is 9.53 Å².